The van der Waals surface area contributed by atoms with Crippen molar-refractivity contribution in [1.82, 2.24) is 9.80 Å². The number of carbonyl (C=O) groups is 3. The molecule has 178 valence electrons. The molecule has 6 nitrogen and oxygen atoms in total. The lowest BCUT2D eigenvalue weighted by molar-refractivity contribution is -0.132. The van der Waals surface area contributed by atoms with Crippen molar-refractivity contribution < 1.29 is 19.1 Å². The number of nitrogens with zero attached hydrogens (tertiary/aromatic N) is 2. The highest BCUT2D eigenvalue weighted by molar-refractivity contribution is 5.87. The second-order valence-corrected chi connectivity index (χ2v) is 11.2. The summed E-state index contributed by atoms with van der Waals surface area (Å²) >= 11 is 0. The molecule has 1 aromatic rings. The maximum absolute atomic E-state index is 11.8. The number of hydrogen-bond acceptors (Lipinski definition) is 5. The van der Waals surface area contributed by atoms with Crippen molar-refractivity contribution in [3.8, 4) is 0 Å². The Morgan fingerprint density at radius 1 is 0.906 bits per heavy atom. The number of Topliss-reactive ketones (excluding diaryl/α,β-unsaturated/α-hetero) is 2. The molecule has 0 aromatic heterocycles. The predicted molar refractivity (Wildman–Crippen MR) is 126 cm³/mol. The summed E-state index contributed by atoms with van der Waals surface area (Å²) < 4.78 is 5.28. The molecule has 0 bridgehead atoms. The first-order chi connectivity index (χ1) is 14.7. The maximum Gasteiger partial charge on any atom is 0.410 e. The third-order valence-corrected chi connectivity index (χ3v) is 5.88. The van der Waals surface area contributed by atoms with Gasteiger partial charge in [0.2, 0.25) is 0 Å². The molecule has 1 aromatic carbocycles. The van der Waals surface area contributed by atoms with E-state index in [2.05, 4.69) is 29.2 Å². The molecule has 2 aliphatic rings. The molecule has 6 heteroatoms. The summed E-state index contributed by atoms with van der Waals surface area (Å²) in [7, 11) is 0. The summed E-state index contributed by atoms with van der Waals surface area (Å²) in [6.07, 6.45) is 0.791. The number of benzene rings is 1. The highest BCUT2D eigenvalue weighted by Crippen LogP contribution is 2.27. The van der Waals surface area contributed by atoms with E-state index in [1.54, 1.807) is 4.90 Å². The predicted octanol–water partition coefficient (Wildman–Crippen LogP) is 4.71. The van der Waals surface area contributed by atoms with Gasteiger partial charge in [-0.15, -0.1) is 0 Å². The number of carbonyl (C=O) groups excluding carboxylic acids is 3. The zero-order chi connectivity index (χ0) is 24.2. The average molecular weight is 445 g/mol. The Bertz CT molecular complexity index is 809. The summed E-state index contributed by atoms with van der Waals surface area (Å²) in [6, 6.07) is 10.4. The van der Waals surface area contributed by atoms with Crippen LogP contribution in [0.1, 0.15) is 66.9 Å². The first-order valence-electron chi connectivity index (χ1n) is 11.5. The number of piperidine rings is 2. The molecule has 0 atom stereocenters. The highest BCUT2D eigenvalue weighted by atomic mass is 16.6. The molecule has 1 amide bonds. The van der Waals surface area contributed by atoms with Gasteiger partial charge in [0, 0.05) is 56.4 Å². The lowest BCUT2D eigenvalue weighted by atomic mass is 9.82. The summed E-state index contributed by atoms with van der Waals surface area (Å²) in [4.78, 5) is 39.1. The van der Waals surface area contributed by atoms with Gasteiger partial charge in [-0.25, -0.2) is 4.79 Å². The third-order valence-electron chi connectivity index (χ3n) is 5.88. The van der Waals surface area contributed by atoms with Crippen molar-refractivity contribution in [3.05, 3.63) is 35.9 Å². The monoisotopic (exact) mass is 444 g/mol. The highest BCUT2D eigenvalue weighted by Gasteiger charge is 2.37. The SMILES string of the molecule is CC(C)(C)OC(=O)N1CCC(=O)C(C)(C)C1.CC1(C)CN(Cc2ccccc2)CCC1=O. The van der Waals surface area contributed by atoms with Gasteiger partial charge in [0.05, 0.1) is 0 Å². The van der Waals surface area contributed by atoms with E-state index in [4.69, 9.17) is 4.74 Å². The molecule has 2 aliphatic heterocycles. The Morgan fingerprint density at radius 2 is 1.44 bits per heavy atom. The molecular formula is C26H40N2O4. The van der Waals surface area contributed by atoms with Crippen LogP contribution in [0, 0.1) is 10.8 Å². The molecule has 0 saturated carbocycles. The van der Waals surface area contributed by atoms with Crippen LogP contribution in [-0.4, -0.2) is 59.2 Å². The van der Waals surface area contributed by atoms with E-state index < -0.39 is 11.0 Å². The molecule has 0 aliphatic carbocycles. The quantitative estimate of drug-likeness (QED) is 0.661. The van der Waals surface area contributed by atoms with Gasteiger partial charge >= 0.3 is 6.09 Å². The second-order valence-electron chi connectivity index (χ2n) is 11.2. The van der Waals surface area contributed by atoms with Crippen LogP contribution in [0.2, 0.25) is 0 Å². The lowest BCUT2D eigenvalue weighted by Crippen LogP contribution is -2.49. The van der Waals surface area contributed by atoms with Crippen molar-refractivity contribution in [3.63, 3.8) is 0 Å². The molecule has 0 spiro atoms. The van der Waals surface area contributed by atoms with Crippen LogP contribution in [0.5, 0.6) is 0 Å². The molecule has 2 heterocycles. The fraction of sp³-hybridized carbons (Fsp3) is 0.654. The zero-order valence-corrected chi connectivity index (χ0v) is 20.9. The number of ether oxygens (including phenoxy) is 1. The van der Waals surface area contributed by atoms with Crippen LogP contribution in [0.4, 0.5) is 4.79 Å². The summed E-state index contributed by atoms with van der Waals surface area (Å²) in [5, 5.41) is 0. The van der Waals surface area contributed by atoms with Crippen LogP contribution < -0.4 is 0 Å². The van der Waals surface area contributed by atoms with Gasteiger partial charge in [-0.3, -0.25) is 14.5 Å². The Morgan fingerprint density at radius 3 is 1.94 bits per heavy atom. The van der Waals surface area contributed by atoms with Crippen LogP contribution >= 0.6 is 0 Å². The molecule has 32 heavy (non-hydrogen) atoms. The molecule has 2 fully saturated rings. The number of amides is 1. The van der Waals surface area contributed by atoms with Gasteiger partial charge in [-0.05, 0) is 26.3 Å². The topological polar surface area (TPSA) is 66.9 Å². The number of hydrogen-bond donors (Lipinski definition) is 0. The Hall–Kier alpha value is -2.21. The number of ketones is 2. The number of rotatable bonds is 2. The molecule has 0 radical (unpaired) electrons. The van der Waals surface area contributed by atoms with Gasteiger partial charge < -0.3 is 9.64 Å². The Balaban J connectivity index is 0.000000227. The van der Waals surface area contributed by atoms with Crippen LogP contribution in [-0.2, 0) is 20.9 Å². The molecule has 2 saturated heterocycles. The standard InChI is InChI=1S/C14H19NO.C12H21NO3/c1-14(2)11-15(9-8-13(14)16)10-12-6-4-3-5-7-12;1-11(2,3)16-10(15)13-7-6-9(14)12(4,5)8-13/h3-7H,8-11H2,1-2H3;6-8H2,1-5H3. The van der Waals surface area contributed by atoms with Gasteiger partial charge in [0.15, 0.2) is 0 Å². The van der Waals surface area contributed by atoms with Crippen LogP contribution in [0.15, 0.2) is 30.3 Å². The second kappa shape index (κ2) is 10.2. The fourth-order valence-electron chi connectivity index (χ4n) is 4.00. The zero-order valence-electron chi connectivity index (χ0n) is 20.9. The van der Waals surface area contributed by atoms with Crippen molar-refractivity contribution in [1.29, 1.82) is 0 Å². The van der Waals surface area contributed by atoms with E-state index in [0.717, 1.165) is 19.6 Å². The summed E-state index contributed by atoms with van der Waals surface area (Å²) in [6.45, 7) is 17.0. The summed E-state index contributed by atoms with van der Waals surface area (Å²) in [5.41, 5.74) is 0.220. The van der Waals surface area contributed by atoms with Crippen molar-refractivity contribution in [2.45, 2.75) is 73.5 Å². The molecule has 3 rings (SSSR count). The Labute approximate surface area is 193 Å². The maximum atomic E-state index is 11.8. The largest absolute Gasteiger partial charge is 0.444 e. The van der Waals surface area contributed by atoms with E-state index in [0.29, 0.717) is 31.7 Å². The molecule has 0 unspecified atom stereocenters. The molecule has 0 N–H and O–H groups in total. The van der Waals surface area contributed by atoms with E-state index in [9.17, 15) is 14.4 Å². The third kappa shape index (κ3) is 7.73. The average Bonchev–Trinajstić information content (AvgIpc) is 2.66. The van der Waals surface area contributed by atoms with E-state index in [-0.39, 0.29) is 17.3 Å². The van der Waals surface area contributed by atoms with Crippen LogP contribution in [0.3, 0.4) is 0 Å². The van der Waals surface area contributed by atoms with E-state index in [1.807, 2.05) is 54.5 Å². The van der Waals surface area contributed by atoms with Crippen molar-refractivity contribution >= 4 is 17.7 Å². The lowest BCUT2D eigenvalue weighted by Gasteiger charge is -2.37. The van der Waals surface area contributed by atoms with E-state index in [1.165, 1.54) is 5.56 Å². The van der Waals surface area contributed by atoms with Gasteiger partial charge in [0.25, 0.3) is 0 Å². The number of likely N-dealkylation sites (tertiary alicyclic amines) is 2. The first kappa shape index (κ1) is 26.0. The normalized spacial score (nSPS) is 20.9. The minimum Gasteiger partial charge on any atom is -0.444 e. The van der Waals surface area contributed by atoms with Gasteiger partial charge in [0.1, 0.15) is 17.2 Å². The van der Waals surface area contributed by atoms with Gasteiger partial charge in [-0.1, -0.05) is 58.0 Å². The minimum atomic E-state index is -0.483. The first-order valence-corrected chi connectivity index (χ1v) is 11.5. The van der Waals surface area contributed by atoms with Crippen molar-refractivity contribution in [2.75, 3.05) is 26.2 Å². The Kier molecular flexibility index (Phi) is 8.27. The minimum absolute atomic E-state index is 0.174. The van der Waals surface area contributed by atoms with Gasteiger partial charge in [-0.2, -0.15) is 0 Å². The van der Waals surface area contributed by atoms with Crippen LogP contribution in [0.25, 0.3) is 0 Å². The smallest absolute Gasteiger partial charge is 0.410 e. The van der Waals surface area contributed by atoms with Crippen molar-refractivity contribution in [2.24, 2.45) is 10.8 Å². The van der Waals surface area contributed by atoms with E-state index >= 15 is 0 Å². The fourth-order valence-corrected chi connectivity index (χ4v) is 4.00. The molecular weight excluding hydrogens is 404 g/mol. The summed E-state index contributed by atoms with van der Waals surface area (Å²) in [5.74, 6) is 0.615.